The van der Waals surface area contributed by atoms with Gasteiger partial charge in [-0.25, -0.2) is 9.78 Å². The fourth-order valence-corrected chi connectivity index (χ4v) is 3.38. The number of H-pyrrole nitrogens is 1. The van der Waals surface area contributed by atoms with Gasteiger partial charge in [-0.15, -0.1) is 0 Å². The number of carbonyl (C=O) groups is 2. The number of esters is 1. The number of aromatic amines is 1. The van der Waals surface area contributed by atoms with Crippen LogP contribution in [-0.4, -0.2) is 52.5 Å². The smallest absolute Gasteiger partial charge is 0.341 e. The number of hydrogen-bond acceptors (Lipinski definition) is 6. The SMILES string of the molecule is CCOC(=O)c1cnc2[nH]ccc2c1N[C@H]1CN(C(=O)CC#N)CC[C@H]1C. The first kappa shape index (κ1) is 18.7. The minimum absolute atomic E-state index is 0.0462. The summed E-state index contributed by atoms with van der Waals surface area (Å²) in [6, 6.07) is 3.73. The minimum Gasteiger partial charge on any atom is -0.462 e. The molecular formula is C19H23N5O3. The summed E-state index contributed by atoms with van der Waals surface area (Å²) in [4.78, 5) is 33.6. The lowest BCUT2D eigenvalue weighted by molar-refractivity contribution is -0.131. The molecule has 2 N–H and O–H groups in total. The van der Waals surface area contributed by atoms with E-state index in [1.165, 1.54) is 6.20 Å². The summed E-state index contributed by atoms with van der Waals surface area (Å²) >= 11 is 0. The molecule has 2 aromatic rings. The van der Waals surface area contributed by atoms with E-state index in [4.69, 9.17) is 10.00 Å². The van der Waals surface area contributed by atoms with Crippen LogP contribution in [-0.2, 0) is 9.53 Å². The van der Waals surface area contributed by atoms with E-state index in [2.05, 4.69) is 22.2 Å². The van der Waals surface area contributed by atoms with Crippen molar-refractivity contribution in [2.45, 2.75) is 32.7 Å². The molecule has 0 unspecified atom stereocenters. The zero-order valence-electron chi connectivity index (χ0n) is 15.5. The van der Waals surface area contributed by atoms with Crippen LogP contribution < -0.4 is 5.32 Å². The number of ether oxygens (including phenoxy) is 1. The van der Waals surface area contributed by atoms with Gasteiger partial charge in [-0.3, -0.25) is 4.79 Å². The van der Waals surface area contributed by atoms with E-state index in [-0.39, 0.29) is 25.0 Å². The molecule has 0 saturated carbocycles. The quantitative estimate of drug-likeness (QED) is 0.782. The van der Waals surface area contributed by atoms with Crippen molar-refractivity contribution in [2.24, 2.45) is 5.92 Å². The number of piperidine rings is 1. The number of pyridine rings is 1. The van der Waals surface area contributed by atoms with Crippen molar-refractivity contribution < 1.29 is 14.3 Å². The summed E-state index contributed by atoms with van der Waals surface area (Å²) < 4.78 is 5.17. The number of fused-ring (bicyclic) bond motifs is 1. The third-order valence-corrected chi connectivity index (χ3v) is 4.95. The van der Waals surface area contributed by atoms with Gasteiger partial charge in [0.2, 0.25) is 5.91 Å². The molecule has 1 saturated heterocycles. The maximum absolute atomic E-state index is 12.4. The number of anilines is 1. The van der Waals surface area contributed by atoms with Gasteiger partial charge in [-0.1, -0.05) is 6.92 Å². The number of amides is 1. The van der Waals surface area contributed by atoms with Crippen LogP contribution in [0, 0.1) is 17.2 Å². The number of carbonyl (C=O) groups excluding carboxylic acids is 2. The molecule has 142 valence electrons. The van der Waals surface area contributed by atoms with Crippen LogP contribution in [0.1, 0.15) is 37.0 Å². The molecule has 1 amide bonds. The van der Waals surface area contributed by atoms with Crippen molar-refractivity contribution in [3.8, 4) is 6.07 Å². The topological polar surface area (TPSA) is 111 Å². The predicted octanol–water partition coefficient (Wildman–Crippen LogP) is 2.30. The fourth-order valence-electron chi connectivity index (χ4n) is 3.38. The maximum Gasteiger partial charge on any atom is 0.341 e. The van der Waals surface area contributed by atoms with Crippen molar-refractivity contribution in [3.05, 3.63) is 24.0 Å². The number of rotatable bonds is 5. The van der Waals surface area contributed by atoms with E-state index in [0.717, 1.165) is 11.8 Å². The van der Waals surface area contributed by atoms with Crippen molar-refractivity contribution in [1.29, 1.82) is 5.26 Å². The third kappa shape index (κ3) is 3.87. The molecule has 0 radical (unpaired) electrons. The van der Waals surface area contributed by atoms with Gasteiger partial charge in [0, 0.05) is 36.9 Å². The first-order valence-electron chi connectivity index (χ1n) is 9.09. The molecule has 1 aliphatic rings. The van der Waals surface area contributed by atoms with Gasteiger partial charge < -0.3 is 19.9 Å². The Morgan fingerprint density at radius 3 is 3.07 bits per heavy atom. The van der Waals surface area contributed by atoms with Crippen LogP contribution in [0.25, 0.3) is 11.0 Å². The molecule has 1 aliphatic heterocycles. The first-order valence-corrected chi connectivity index (χ1v) is 9.09. The summed E-state index contributed by atoms with van der Waals surface area (Å²) in [5.74, 6) is -0.298. The van der Waals surface area contributed by atoms with Crippen molar-refractivity contribution in [2.75, 3.05) is 25.0 Å². The molecule has 0 aliphatic carbocycles. The largest absolute Gasteiger partial charge is 0.462 e. The fraction of sp³-hybridized carbons (Fsp3) is 0.474. The van der Waals surface area contributed by atoms with E-state index in [1.54, 1.807) is 18.0 Å². The third-order valence-electron chi connectivity index (χ3n) is 4.95. The second-order valence-corrected chi connectivity index (χ2v) is 6.70. The highest BCUT2D eigenvalue weighted by molar-refractivity contribution is 6.04. The summed E-state index contributed by atoms with van der Waals surface area (Å²) in [6.45, 7) is 5.27. The highest BCUT2D eigenvalue weighted by Crippen LogP contribution is 2.30. The highest BCUT2D eigenvalue weighted by Gasteiger charge is 2.30. The summed E-state index contributed by atoms with van der Waals surface area (Å²) in [7, 11) is 0. The van der Waals surface area contributed by atoms with Crippen LogP contribution in [0.3, 0.4) is 0 Å². The number of nitriles is 1. The van der Waals surface area contributed by atoms with E-state index in [1.807, 2.05) is 12.1 Å². The van der Waals surface area contributed by atoms with Crippen LogP contribution in [0.15, 0.2) is 18.5 Å². The lowest BCUT2D eigenvalue weighted by atomic mass is 9.92. The first-order chi connectivity index (χ1) is 13.0. The molecule has 27 heavy (non-hydrogen) atoms. The predicted molar refractivity (Wildman–Crippen MR) is 100 cm³/mol. The molecule has 2 aromatic heterocycles. The van der Waals surface area contributed by atoms with E-state index in [9.17, 15) is 9.59 Å². The zero-order valence-corrected chi connectivity index (χ0v) is 15.5. The summed E-state index contributed by atoms with van der Waals surface area (Å²) in [5, 5.41) is 13.0. The van der Waals surface area contributed by atoms with Crippen LogP contribution >= 0.6 is 0 Å². The molecule has 0 aromatic carbocycles. The summed E-state index contributed by atoms with van der Waals surface area (Å²) in [5.41, 5.74) is 1.70. The molecule has 3 rings (SSSR count). The normalized spacial score (nSPS) is 19.5. The lowest BCUT2D eigenvalue weighted by Crippen LogP contribution is -2.49. The second kappa shape index (κ2) is 8.08. The van der Waals surface area contributed by atoms with E-state index in [0.29, 0.717) is 35.9 Å². The molecule has 2 atom stereocenters. The van der Waals surface area contributed by atoms with Gasteiger partial charge in [0.1, 0.15) is 17.6 Å². The Kier molecular flexibility index (Phi) is 5.60. The average molecular weight is 369 g/mol. The second-order valence-electron chi connectivity index (χ2n) is 6.70. The Balaban J connectivity index is 1.91. The molecule has 3 heterocycles. The van der Waals surface area contributed by atoms with Crippen LogP contribution in [0.2, 0.25) is 0 Å². The minimum atomic E-state index is -0.434. The Hall–Kier alpha value is -3.08. The number of hydrogen-bond donors (Lipinski definition) is 2. The van der Waals surface area contributed by atoms with Gasteiger partial charge in [-0.2, -0.15) is 5.26 Å². The highest BCUT2D eigenvalue weighted by atomic mass is 16.5. The number of likely N-dealkylation sites (tertiary alicyclic amines) is 1. The van der Waals surface area contributed by atoms with E-state index < -0.39 is 5.97 Å². The summed E-state index contributed by atoms with van der Waals surface area (Å²) in [6.07, 6.45) is 3.98. The molecule has 0 bridgehead atoms. The lowest BCUT2D eigenvalue weighted by Gasteiger charge is -2.38. The van der Waals surface area contributed by atoms with Gasteiger partial charge >= 0.3 is 5.97 Å². The van der Waals surface area contributed by atoms with Crippen molar-refractivity contribution in [3.63, 3.8) is 0 Å². The molecule has 8 heteroatoms. The monoisotopic (exact) mass is 369 g/mol. The van der Waals surface area contributed by atoms with Crippen LogP contribution in [0.4, 0.5) is 5.69 Å². The molecule has 8 nitrogen and oxygen atoms in total. The van der Waals surface area contributed by atoms with Crippen molar-refractivity contribution >= 4 is 28.6 Å². The average Bonchev–Trinajstić information content (AvgIpc) is 3.13. The number of nitrogens with zero attached hydrogens (tertiary/aromatic N) is 3. The Morgan fingerprint density at radius 2 is 2.33 bits per heavy atom. The Labute approximate surface area is 157 Å². The molecule has 1 fully saturated rings. The standard InChI is InChI=1S/C19H23N5O3/c1-3-27-19(26)14-10-22-18-13(5-8-21-18)17(14)23-15-11-24(9-6-12(15)2)16(25)4-7-20/h5,8,10,12,15H,3-4,6,9,11H2,1-2H3,(H2,21,22,23)/t12-,15+/m1/s1. The Morgan fingerprint density at radius 1 is 1.52 bits per heavy atom. The molecular weight excluding hydrogens is 346 g/mol. The van der Waals surface area contributed by atoms with Crippen LogP contribution in [0.5, 0.6) is 0 Å². The van der Waals surface area contributed by atoms with E-state index >= 15 is 0 Å². The number of nitrogens with one attached hydrogen (secondary N) is 2. The molecule has 0 spiro atoms. The number of aromatic nitrogens is 2. The van der Waals surface area contributed by atoms with Gasteiger partial charge in [-0.05, 0) is 25.3 Å². The van der Waals surface area contributed by atoms with Gasteiger partial charge in [0.25, 0.3) is 0 Å². The Bertz CT molecular complexity index is 885. The van der Waals surface area contributed by atoms with Gasteiger partial charge in [0.05, 0.1) is 18.4 Å². The maximum atomic E-state index is 12.4. The van der Waals surface area contributed by atoms with Crippen molar-refractivity contribution in [1.82, 2.24) is 14.9 Å². The van der Waals surface area contributed by atoms with Gasteiger partial charge in [0.15, 0.2) is 0 Å². The zero-order chi connectivity index (χ0) is 19.4.